The lowest BCUT2D eigenvalue weighted by Crippen LogP contribution is -2.50. The van der Waals surface area contributed by atoms with E-state index in [2.05, 4.69) is 0 Å². The largest absolute Gasteiger partial charge is 0.459 e. The first-order chi connectivity index (χ1) is 12.1. The second kappa shape index (κ2) is 6.01. The molecule has 0 atom stereocenters. The Morgan fingerprint density at radius 3 is 2.24 bits per heavy atom. The monoisotopic (exact) mass is 339 g/mol. The van der Waals surface area contributed by atoms with Gasteiger partial charge in [0.1, 0.15) is 5.58 Å². The van der Waals surface area contributed by atoms with E-state index in [-0.39, 0.29) is 17.6 Å². The molecule has 0 radical (unpaired) electrons. The van der Waals surface area contributed by atoms with Gasteiger partial charge in [0, 0.05) is 31.6 Å². The molecule has 25 heavy (non-hydrogen) atoms. The minimum atomic E-state index is -0.251. The van der Waals surface area contributed by atoms with E-state index < -0.39 is 0 Å². The molecule has 2 N–H and O–H groups in total. The van der Waals surface area contributed by atoms with Gasteiger partial charge in [0.15, 0.2) is 5.76 Å². The molecule has 2 amide bonds. The predicted molar refractivity (Wildman–Crippen MR) is 91.1 cm³/mol. The van der Waals surface area contributed by atoms with Crippen LogP contribution in [0.4, 0.5) is 5.69 Å². The molecule has 0 spiro atoms. The van der Waals surface area contributed by atoms with Gasteiger partial charge < -0.3 is 24.4 Å². The Hall–Kier alpha value is -3.22. The van der Waals surface area contributed by atoms with E-state index in [9.17, 15) is 9.59 Å². The Kier molecular flexibility index (Phi) is 3.68. The maximum absolute atomic E-state index is 12.7. The minimum absolute atomic E-state index is 0.159. The number of carbonyl (C=O) groups is 2. The zero-order chi connectivity index (χ0) is 17.4. The molecule has 1 aliphatic heterocycles. The van der Waals surface area contributed by atoms with E-state index >= 15 is 0 Å². The van der Waals surface area contributed by atoms with Crippen LogP contribution in [0, 0.1) is 0 Å². The number of amides is 2. The Morgan fingerprint density at radius 2 is 1.60 bits per heavy atom. The van der Waals surface area contributed by atoms with Gasteiger partial charge in [0.05, 0.1) is 12.0 Å². The summed E-state index contributed by atoms with van der Waals surface area (Å²) in [5.41, 5.74) is 7.02. The first kappa shape index (κ1) is 15.3. The summed E-state index contributed by atoms with van der Waals surface area (Å²) in [7, 11) is 0. The Balaban J connectivity index is 1.47. The van der Waals surface area contributed by atoms with E-state index in [1.807, 2.05) is 18.2 Å². The number of hydrogen-bond acceptors (Lipinski definition) is 5. The fraction of sp³-hybridized carbons (Fsp3) is 0.222. The predicted octanol–water partition coefficient (Wildman–Crippen LogP) is 2.21. The van der Waals surface area contributed by atoms with Gasteiger partial charge in [-0.25, -0.2) is 0 Å². The molecule has 0 unspecified atom stereocenters. The maximum atomic E-state index is 12.7. The van der Waals surface area contributed by atoms with Crippen molar-refractivity contribution in [2.45, 2.75) is 0 Å². The molecule has 0 bridgehead atoms. The Morgan fingerprint density at radius 1 is 0.920 bits per heavy atom. The number of carbonyl (C=O) groups excluding carboxylic acids is 2. The van der Waals surface area contributed by atoms with Crippen molar-refractivity contribution >= 4 is 28.5 Å². The van der Waals surface area contributed by atoms with Crippen molar-refractivity contribution in [3.05, 3.63) is 54.2 Å². The summed E-state index contributed by atoms with van der Waals surface area (Å²) in [5, 5.41) is 0.734. The first-order valence-corrected chi connectivity index (χ1v) is 8.04. The molecule has 0 aliphatic carbocycles. The second-order valence-corrected chi connectivity index (χ2v) is 5.90. The molecule has 128 valence electrons. The summed E-state index contributed by atoms with van der Waals surface area (Å²) in [5.74, 6) is 0.0486. The molecule has 7 nitrogen and oxygen atoms in total. The van der Waals surface area contributed by atoms with Crippen LogP contribution >= 0.6 is 0 Å². The summed E-state index contributed by atoms with van der Waals surface area (Å²) in [6.45, 7) is 1.71. The summed E-state index contributed by atoms with van der Waals surface area (Å²) in [6, 6.07) is 10.6. The Labute approximate surface area is 143 Å². The molecular weight excluding hydrogens is 322 g/mol. The number of hydrogen-bond donors (Lipinski definition) is 1. The number of nitrogens with two attached hydrogens (primary N) is 1. The summed E-state index contributed by atoms with van der Waals surface area (Å²) < 4.78 is 10.8. The van der Waals surface area contributed by atoms with Crippen LogP contribution in [0.5, 0.6) is 0 Å². The molecule has 4 rings (SSSR count). The number of anilines is 1. The highest BCUT2D eigenvalue weighted by atomic mass is 16.4. The number of rotatable bonds is 2. The van der Waals surface area contributed by atoms with Crippen LogP contribution < -0.4 is 5.73 Å². The molecule has 2 aromatic heterocycles. The number of nitrogens with zero attached hydrogens (tertiary/aromatic N) is 2. The van der Waals surface area contributed by atoms with Crippen LogP contribution in [0.2, 0.25) is 0 Å². The van der Waals surface area contributed by atoms with E-state index in [4.69, 9.17) is 14.6 Å². The van der Waals surface area contributed by atoms with Crippen molar-refractivity contribution in [3.63, 3.8) is 0 Å². The van der Waals surface area contributed by atoms with Crippen LogP contribution in [0.15, 0.2) is 51.5 Å². The van der Waals surface area contributed by atoms with Crippen LogP contribution in [-0.2, 0) is 0 Å². The smallest absolute Gasteiger partial charge is 0.291 e. The number of piperazine rings is 1. The zero-order valence-electron chi connectivity index (χ0n) is 13.5. The molecule has 1 aliphatic rings. The SMILES string of the molecule is Nc1c(C(=O)N2CCN(C(=O)c3ccco3)CC2)oc2ccccc12. The van der Waals surface area contributed by atoms with Crippen molar-refractivity contribution in [1.82, 2.24) is 9.80 Å². The number of para-hydroxylation sites is 1. The minimum Gasteiger partial charge on any atom is -0.459 e. The van der Waals surface area contributed by atoms with E-state index in [1.165, 1.54) is 6.26 Å². The van der Waals surface area contributed by atoms with Gasteiger partial charge in [0.25, 0.3) is 11.8 Å². The average molecular weight is 339 g/mol. The van der Waals surface area contributed by atoms with Gasteiger partial charge in [-0.05, 0) is 24.3 Å². The topological polar surface area (TPSA) is 92.9 Å². The molecule has 7 heteroatoms. The Bertz CT molecular complexity index is 921. The number of benzene rings is 1. The fourth-order valence-corrected chi connectivity index (χ4v) is 3.04. The van der Waals surface area contributed by atoms with Crippen molar-refractivity contribution < 1.29 is 18.4 Å². The fourth-order valence-electron chi connectivity index (χ4n) is 3.04. The third kappa shape index (κ3) is 2.63. The molecule has 3 heterocycles. The summed E-state index contributed by atoms with van der Waals surface area (Å²) >= 11 is 0. The lowest BCUT2D eigenvalue weighted by molar-refractivity contribution is 0.0504. The first-order valence-electron chi connectivity index (χ1n) is 8.04. The van der Waals surface area contributed by atoms with Gasteiger partial charge in [-0.1, -0.05) is 12.1 Å². The van der Waals surface area contributed by atoms with Crippen molar-refractivity contribution in [2.24, 2.45) is 0 Å². The van der Waals surface area contributed by atoms with Gasteiger partial charge in [-0.2, -0.15) is 0 Å². The molecule has 1 aromatic carbocycles. The van der Waals surface area contributed by atoms with Gasteiger partial charge in [-0.3, -0.25) is 9.59 Å². The zero-order valence-corrected chi connectivity index (χ0v) is 13.5. The highest BCUT2D eigenvalue weighted by Crippen LogP contribution is 2.29. The number of furan rings is 2. The van der Waals surface area contributed by atoms with Gasteiger partial charge in [0.2, 0.25) is 5.76 Å². The van der Waals surface area contributed by atoms with Crippen LogP contribution in [-0.4, -0.2) is 47.8 Å². The van der Waals surface area contributed by atoms with Crippen LogP contribution in [0.25, 0.3) is 11.0 Å². The van der Waals surface area contributed by atoms with Crippen LogP contribution in [0.1, 0.15) is 21.1 Å². The third-order valence-electron chi connectivity index (χ3n) is 4.41. The summed E-state index contributed by atoms with van der Waals surface area (Å²) in [6.07, 6.45) is 1.47. The lowest BCUT2D eigenvalue weighted by Gasteiger charge is -2.33. The maximum Gasteiger partial charge on any atom is 0.291 e. The van der Waals surface area contributed by atoms with E-state index in [0.29, 0.717) is 43.2 Å². The molecule has 0 saturated carbocycles. The number of nitrogen functional groups attached to an aromatic ring is 1. The lowest BCUT2D eigenvalue weighted by atomic mass is 10.2. The summed E-state index contributed by atoms with van der Waals surface area (Å²) in [4.78, 5) is 28.3. The van der Waals surface area contributed by atoms with Crippen LogP contribution in [0.3, 0.4) is 0 Å². The molecule has 1 fully saturated rings. The van der Waals surface area contributed by atoms with E-state index in [0.717, 1.165) is 5.39 Å². The molecule has 3 aromatic rings. The molecule has 1 saturated heterocycles. The highest BCUT2D eigenvalue weighted by Gasteiger charge is 2.29. The van der Waals surface area contributed by atoms with Gasteiger partial charge in [-0.15, -0.1) is 0 Å². The van der Waals surface area contributed by atoms with Crippen molar-refractivity contribution in [3.8, 4) is 0 Å². The molecular formula is C18H17N3O4. The standard InChI is InChI=1S/C18H17N3O4/c19-15-12-4-1-2-5-13(12)25-16(15)18(23)21-9-7-20(8-10-21)17(22)14-6-3-11-24-14/h1-6,11H,7-10,19H2. The third-order valence-corrected chi connectivity index (χ3v) is 4.41. The van der Waals surface area contributed by atoms with Gasteiger partial charge >= 0.3 is 0 Å². The highest BCUT2D eigenvalue weighted by molar-refractivity contribution is 6.05. The average Bonchev–Trinajstić information content (AvgIpc) is 3.30. The quantitative estimate of drug-likeness (QED) is 0.772. The van der Waals surface area contributed by atoms with E-state index in [1.54, 1.807) is 28.0 Å². The van der Waals surface area contributed by atoms with Crippen molar-refractivity contribution in [2.75, 3.05) is 31.9 Å². The second-order valence-electron chi connectivity index (χ2n) is 5.90. The normalized spacial score (nSPS) is 14.9. The van der Waals surface area contributed by atoms with Crippen molar-refractivity contribution in [1.29, 1.82) is 0 Å². The number of fused-ring (bicyclic) bond motifs is 1.